The predicted octanol–water partition coefficient (Wildman–Crippen LogP) is 3.33. The van der Waals surface area contributed by atoms with E-state index in [-0.39, 0.29) is 17.9 Å². The number of hydrogen-bond acceptors (Lipinski definition) is 4. The second-order valence-corrected chi connectivity index (χ2v) is 7.74. The van der Waals surface area contributed by atoms with Crippen molar-refractivity contribution in [3.8, 4) is 11.5 Å². The number of ether oxygens (including phenoxy) is 2. The lowest BCUT2D eigenvalue weighted by molar-refractivity contribution is -0.126. The zero-order valence-electron chi connectivity index (χ0n) is 17.1. The van der Waals surface area contributed by atoms with E-state index >= 15 is 0 Å². The number of piperidine rings is 1. The number of urea groups is 1. The van der Waals surface area contributed by atoms with E-state index in [1.807, 2.05) is 49.4 Å². The average Bonchev–Trinajstić information content (AvgIpc) is 2.77. The maximum Gasteiger partial charge on any atom is 0.321 e. The molecule has 2 aliphatic heterocycles. The van der Waals surface area contributed by atoms with Crippen LogP contribution < -0.4 is 20.1 Å². The predicted molar refractivity (Wildman–Crippen MR) is 114 cm³/mol. The Labute approximate surface area is 176 Å². The van der Waals surface area contributed by atoms with Gasteiger partial charge in [0.1, 0.15) is 13.2 Å². The Kier molecular flexibility index (Phi) is 6.07. The van der Waals surface area contributed by atoms with Gasteiger partial charge in [-0.15, -0.1) is 0 Å². The summed E-state index contributed by atoms with van der Waals surface area (Å²) in [4.78, 5) is 27.1. The summed E-state index contributed by atoms with van der Waals surface area (Å²) in [5.41, 5.74) is 2.74. The zero-order chi connectivity index (χ0) is 20.9. The summed E-state index contributed by atoms with van der Waals surface area (Å²) in [7, 11) is 0. The highest BCUT2D eigenvalue weighted by molar-refractivity contribution is 5.90. The highest BCUT2D eigenvalue weighted by Gasteiger charge is 2.28. The number of likely N-dealkylation sites (tertiary alicyclic amines) is 1. The van der Waals surface area contributed by atoms with E-state index in [1.165, 1.54) is 0 Å². The maximum atomic E-state index is 12.8. The summed E-state index contributed by atoms with van der Waals surface area (Å²) in [5, 5.41) is 5.93. The number of rotatable bonds is 4. The Hall–Kier alpha value is -3.22. The number of benzene rings is 2. The van der Waals surface area contributed by atoms with E-state index in [0.29, 0.717) is 44.3 Å². The first-order valence-electron chi connectivity index (χ1n) is 10.4. The molecule has 3 amide bonds. The molecule has 0 bridgehead atoms. The number of aryl methyl sites for hydroxylation is 1. The monoisotopic (exact) mass is 409 g/mol. The number of fused-ring (bicyclic) bond motifs is 1. The molecule has 7 nitrogen and oxygen atoms in total. The second kappa shape index (κ2) is 9.07. The van der Waals surface area contributed by atoms with Crippen LogP contribution in [0.1, 0.15) is 24.0 Å². The van der Waals surface area contributed by atoms with Crippen LogP contribution in [-0.2, 0) is 11.3 Å². The van der Waals surface area contributed by atoms with Gasteiger partial charge in [0.15, 0.2) is 11.5 Å². The molecule has 7 heteroatoms. The van der Waals surface area contributed by atoms with Crippen LogP contribution in [0.15, 0.2) is 42.5 Å². The van der Waals surface area contributed by atoms with Crippen LogP contribution in [-0.4, -0.2) is 43.1 Å². The third-order valence-electron chi connectivity index (χ3n) is 5.45. The second-order valence-electron chi connectivity index (χ2n) is 7.74. The Morgan fingerprint density at radius 1 is 1.13 bits per heavy atom. The maximum absolute atomic E-state index is 12.8. The van der Waals surface area contributed by atoms with Crippen molar-refractivity contribution in [3.05, 3.63) is 53.6 Å². The molecule has 2 aliphatic rings. The number of amides is 3. The quantitative estimate of drug-likeness (QED) is 0.812. The molecule has 4 rings (SSSR count). The van der Waals surface area contributed by atoms with Crippen LogP contribution in [0.3, 0.4) is 0 Å². The minimum absolute atomic E-state index is 0.0441. The van der Waals surface area contributed by atoms with Crippen molar-refractivity contribution in [1.29, 1.82) is 0 Å². The molecule has 2 heterocycles. The van der Waals surface area contributed by atoms with Gasteiger partial charge in [-0.25, -0.2) is 4.79 Å². The minimum atomic E-state index is -0.223. The standard InChI is InChI=1S/C23H27N3O4/c1-16-5-2-8-19(13-16)25-23(28)26-10-4-7-18(15-26)22(27)24-14-17-6-3-9-20-21(17)30-12-11-29-20/h2-3,5-6,8-9,13,18H,4,7,10-12,14-15H2,1H3,(H,24,27)(H,25,28). The van der Waals surface area contributed by atoms with Gasteiger partial charge in [0.05, 0.1) is 5.92 Å². The molecule has 1 unspecified atom stereocenters. The Bertz CT molecular complexity index is 930. The highest BCUT2D eigenvalue weighted by Crippen LogP contribution is 2.33. The van der Waals surface area contributed by atoms with Gasteiger partial charge in [-0.05, 0) is 43.5 Å². The number of anilines is 1. The van der Waals surface area contributed by atoms with Crippen LogP contribution in [0, 0.1) is 12.8 Å². The summed E-state index contributed by atoms with van der Waals surface area (Å²) in [6.45, 7) is 4.46. The molecule has 0 aromatic heterocycles. The Morgan fingerprint density at radius 2 is 1.97 bits per heavy atom. The van der Waals surface area contributed by atoms with Crippen molar-refractivity contribution in [2.24, 2.45) is 5.92 Å². The van der Waals surface area contributed by atoms with Gasteiger partial charge in [-0.1, -0.05) is 24.3 Å². The number of para-hydroxylation sites is 1. The fourth-order valence-electron chi connectivity index (χ4n) is 3.90. The van der Waals surface area contributed by atoms with Crippen molar-refractivity contribution in [3.63, 3.8) is 0 Å². The molecular weight excluding hydrogens is 382 g/mol. The molecule has 1 atom stereocenters. The van der Waals surface area contributed by atoms with Crippen LogP contribution in [0.25, 0.3) is 0 Å². The molecule has 1 fully saturated rings. The number of nitrogens with one attached hydrogen (secondary N) is 2. The molecule has 30 heavy (non-hydrogen) atoms. The molecule has 158 valence electrons. The van der Waals surface area contributed by atoms with Crippen molar-refractivity contribution >= 4 is 17.6 Å². The summed E-state index contributed by atoms with van der Waals surface area (Å²) in [5.74, 6) is 1.15. The van der Waals surface area contributed by atoms with Gasteiger partial charge >= 0.3 is 6.03 Å². The van der Waals surface area contributed by atoms with E-state index < -0.39 is 0 Å². The van der Waals surface area contributed by atoms with E-state index in [2.05, 4.69) is 10.6 Å². The van der Waals surface area contributed by atoms with Crippen LogP contribution in [0.5, 0.6) is 11.5 Å². The average molecular weight is 409 g/mol. The highest BCUT2D eigenvalue weighted by atomic mass is 16.6. The largest absolute Gasteiger partial charge is 0.486 e. The van der Waals surface area contributed by atoms with Gasteiger partial charge in [0, 0.05) is 30.9 Å². The van der Waals surface area contributed by atoms with Crippen LogP contribution >= 0.6 is 0 Å². The molecule has 0 radical (unpaired) electrons. The number of hydrogen-bond donors (Lipinski definition) is 2. The first kappa shape index (κ1) is 20.1. The van der Waals surface area contributed by atoms with Crippen molar-refractivity contribution in [2.45, 2.75) is 26.3 Å². The van der Waals surface area contributed by atoms with E-state index in [9.17, 15) is 9.59 Å². The molecule has 0 aliphatic carbocycles. The van der Waals surface area contributed by atoms with Crippen molar-refractivity contribution in [2.75, 3.05) is 31.6 Å². The Balaban J connectivity index is 1.33. The smallest absolute Gasteiger partial charge is 0.321 e. The van der Waals surface area contributed by atoms with E-state index in [0.717, 1.165) is 29.7 Å². The lowest BCUT2D eigenvalue weighted by atomic mass is 9.97. The first-order valence-corrected chi connectivity index (χ1v) is 10.4. The fraction of sp³-hybridized carbons (Fsp3) is 0.391. The van der Waals surface area contributed by atoms with E-state index in [4.69, 9.17) is 9.47 Å². The topological polar surface area (TPSA) is 79.9 Å². The first-order chi connectivity index (χ1) is 14.6. The van der Waals surface area contributed by atoms with Crippen molar-refractivity contribution < 1.29 is 19.1 Å². The minimum Gasteiger partial charge on any atom is -0.486 e. The van der Waals surface area contributed by atoms with Crippen molar-refractivity contribution in [1.82, 2.24) is 10.2 Å². The third-order valence-corrected chi connectivity index (χ3v) is 5.45. The molecule has 0 spiro atoms. The van der Waals surface area contributed by atoms with Crippen LogP contribution in [0.4, 0.5) is 10.5 Å². The number of nitrogens with zero attached hydrogens (tertiary/aromatic N) is 1. The number of carbonyl (C=O) groups excluding carboxylic acids is 2. The lowest BCUT2D eigenvalue weighted by Gasteiger charge is -2.32. The summed E-state index contributed by atoms with van der Waals surface area (Å²) >= 11 is 0. The number of carbonyl (C=O) groups is 2. The molecule has 0 saturated carbocycles. The normalized spacial score (nSPS) is 17.9. The third kappa shape index (κ3) is 4.67. The van der Waals surface area contributed by atoms with Gasteiger partial charge in [0.25, 0.3) is 0 Å². The van der Waals surface area contributed by atoms with Crippen LogP contribution in [0.2, 0.25) is 0 Å². The Morgan fingerprint density at radius 3 is 2.83 bits per heavy atom. The summed E-state index contributed by atoms with van der Waals surface area (Å²) in [6, 6.07) is 13.2. The lowest BCUT2D eigenvalue weighted by Crippen LogP contribution is -2.46. The molecule has 2 N–H and O–H groups in total. The molecule has 2 aromatic carbocycles. The SMILES string of the molecule is Cc1cccc(NC(=O)N2CCCC(C(=O)NCc3cccc4c3OCCO4)C2)c1. The van der Waals surface area contributed by atoms with Gasteiger partial charge in [-0.3, -0.25) is 4.79 Å². The molecule has 1 saturated heterocycles. The van der Waals surface area contributed by atoms with Gasteiger partial charge in [0.2, 0.25) is 5.91 Å². The van der Waals surface area contributed by atoms with E-state index in [1.54, 1.807) is 4.90 Å². The zero-order valence-corrected chi connectivity index (χ0v) is 17.1. The fourth-order valence-corrected chi connectivity index (χ4v) is 3.90. The molecule has 2 aromatic rings. The molecular formula is C23H27N3O4. The summed E-state index contributed by atoms with van der Waals surface area (Å²) in [6.07, 6.45) is 1.57. The van der Waals surface area contributed by atoms with Gasteiger partial charge in [-0.2, -0.15) is 0 Å². The summed E-state index contributed by atoms with van der Waals surface area (Å²) < 4.78 is 11.3. The van der Waals surface area contributed by atoms with Gasteiger partial charge < -0.3 is 25.0 Å².